The third kappa shape index (κ3) is 2.64. The number of aromatic nitrogens is 3. The molecule has 0 spiro atoms. The van der Waals surface area contributed by atoms with Gasteiger partial charge in [-0.15, -0.1) is 0 Å². The van der Waals surface area contributed by atoms with Crippen LogP contribution < -0.4 is 4.74 Å². The number of ether oxygens (including phenoxy) is 1. The van der Waals surface area contributed by atoms with E-state index in [1.165, 1.54) is 6.20 Å². The molecule has 0 aliphatic heterocycles. The number of aromatic carboxylic acids is 1. The van der Waals surface area contributed by atoms with Crippen molar-refractivity contribution in [2.45, 2.75) is 6.92 Å². The zero-order valence-electron chi connectivity index (χ0n) is 11.1. The summed E-state index contributed by atoms with van der Waals surface area (Å²) in [5.74, 6) is -0.535. The lowest BCUT2D eigenvalue weighted by molar-refractivity contribution is 0.0694. The van der Waals surface area contributed by atoms with Crippen molar-refractivity contribution in [3.05, 3.63) is 53.9 Å². The molecule has 0 saturated carbocycles. The first-order chi connectivity index (χ1) is 10.1. The average Bonchev–Trinajstić information content (AvgIpc) is 2.49. The Morgan fingerprint density at radius 1 is 1.14 bits per heavy atom. The molecule has 6 heteroatoms. The van der Waals surface area contributed by atoms with E-state index in [0.717, 1.165) is 5.56 Å². The van der Waals surface area contributed by atoms with Gasteiger partial charge in [-0.3, -0.25) is 4.98 Å². The zero-order valence-corrected chi connectivity index (χ0v) is 11.1. The molecule has 3 aromatic rings. The van der Waals surface area contributed by atoms with E-state index in [9.17, 15) is 9.90 Å². The predicted octanol–water partition coefficient (Wildman–Crippen LogP) is 2.82. The number of rotatable bonds is 3. The lowest BCUT2D eigenvalue weighted by Gasteiger charge is -2.08. The van der Waals surface area contributed by atoms with Crippen LogP contribution in [0.3, 0.4) is 0 Å². The number of hydrogen-bond donors (Lipinski definition) is 1. The Morgan fingerprint density at radius 2 is 1.95 bits per heavy atom. The molecule has 1 N–H and O–H groups in total. The number of pyridine rings is 1. The monoisotopic (exact) mass is 281 g/mol. The van der Waals surface area contributed by atoms with Crippen LogP contribution in [0.5, 0.6) is 11.6 Å². The van der Waals surface area contributed by atoms with E-state index in [0.29, 0.717) is 11.2 Å². The largest absolute Gasteiger partial charge is 0.478 e. The molecule has 2 aromatic heterocycles. The number of carboxylic acids is 1. The Hall–Kier alpha value is -3.02. The van der Waals surface area contributed by atoms with Crippen LogP contribution in [-0.2, 0) is 0 Å². The van der Waals surface area contributed by atoms with Crippen LogP contribution in [0.1, 0.15) is 15.9 Å². The highest BCUT2D eigenvalue weighted by molar-refractivity contribution is 5.91. The fourth-order valence-electron chi connectivity index (χ4n) is 1.91. The summed E-state index contributed by atoms with van der Waals surface area (Å²) in [6.07, 6.45) is 3.11. The van der Waals surface area contributed by atoms with Crippen molar-refractivity contribution in [2.24, 2.45) is 0 Å². The van der Waals surface area contributed by atoms with E-state index in [1.54, 1.807) is 36.5 Å². The van der Waals surface area contributed by atoms with Gasteiger partial charge in [-0.2, -0.15) is 4.98 Å². The van der Waals surface area contributed by atoms with Gasteiger partial charge in [0.2, 0.25) is 5.88 Å². The van der Waals surface area contributed by atoms with Crippen molar-refractivity contribution in [3.63, 3.8) is 0 Å². The fourth-order valence-corrected chi connectivity index (χ4v) is 1.91. The SMILES string of the molecule is Cc1ccc(Oc2ccc3nccnc3n2)c(C(=O)O)c1. The minimum Gasteiger partial charge on any atom is -0.478 e. The van der Waals surface area contributed by atoms with Crippen molar-refractivity contribution in [1.82, 2.24) is 15.0 Å². The summed E-state index contributed by atoms with van der Waals surface area (Å²) in [6.45, 7) is 1.82. The van der Waals surface area contributed by atoms with Gasteiger partial charge in [-0.05, 0) is 25.1 Å². The summed E-state index contributed by atoms with van der Waals surface area (Å²) in [6, 6.07) is 8.30. The predicted molar refractivity (Wildman–Crippen MR) is 75.5 cm³/mol. The van der Waals surface area contributed by atoms with Crippen LogP contribution in [-0.4, -0.2) is 26.0 Å². The molecule has 1 aromatic carbocycles. The number of carboxylic acid groups (broad SMARTS) is 1. The molecule has 21 heavy (non-hydrogen) atoms. The first kappa shape index (κ1) is 13.0. The third-order valence-corrected chi connectivity index (χ3v) is 2.89. The number of hydrogen-bond acceptors (Lipinski definition) is 5. The average molecular weight is 281 g/mol. The van der Waals surface area contributed by atoms with Gasteiger partial charge in [0.25, 0.3) is 0 Å². The van der Waals surface area contributed by atoms with Crippen molar-refractivity contribution >= 4 is 17.1 Å². The summed E-state index contributed by atoms with van der Waals surface area (Å²) >= 11 is 0. The third-order valence-electron chi connectivity index (χ3n) is 2.89. The Bertz CT molecular complexity index is 833. The van der Waals surface area contributed by atoms with Crippen LogP contribution in [0.25, 0.3) is 11.2 Å². The van der Waals surface area contributed by atoms with Gasteiger partial charge in [-0.25, -0.2) is 9.78 Å². The number of carbonyl (C=O) groups is 1. The summed E-state index contributed by atoms with van der Waals surface area (Å²) in [5.41, 5.74) is 2.03. The number of benzene rings is 1. The molecular formula is C15H11N3O3. The Kier molecular flexibility index (Phi) is 3.19. The quantitative estimate of drug-likeness (QED) is 0.794. The van der Waals surface area contributed by atoms with Crippen molar-refractivity contribution < 1.29 is 14.6 Å². The summed E-state index contributed by atoms with van der Waals surface area (Å²) in [4.78, 5) is 23.7. The molecule has 104 valence electrons. The van der Waals surface area contributed by atoms with E-state index >= 15 is 0 Å². The standard InChI is InChI=1S/C15H11N3O3/c1-9-2-4-12(10(8-9)15(19)20)21-13-5-3-11-14(18-13)17-7-6-16-11/h2-8H,1H3,(H,19,20). The highest BCUT2D eigenvalue weighted by Gasteiger charge is 2.13. The first-order valence-electron chi connectivity index (χ1n) is 6.23. The molecule has 0 unspecified atom stereocenters. The number of aryl methyl sites for hydroxylation is 1. The second-order valence-corrected chi connectivity index (χ2v) is 4.46. The normalized spacial score (nSPS) is 10.5. The van der Waals surface area contributed by atoms with Crippen LogP contribution in [0.4, 0.5) is 0 Å². The minimum atomic E-state index is -1.05. The molecule has 6 nitrogen and oxygen atoms in total. The van der Waals surface area contributed by atoms with Crippen molar-refractivity contribution in [3.8, 4) is 11.6 Å². The maximum Gasteiger partial charge on any atom is 0.339 e. The molecule has 0 amide bonds. The van der Waals surface area contributed by atoms with Gasteiger partial charge in [-0.1, -0.05) is 11.6 Å². The summed E-state index contributed by atoms with van der Waals surface area (Å²) < 4.78 is 5.57. The zero-order chi connectivity index (χ0) is 14.8. The highest BCUT2D eigenvalue weighted by atomic mass is 16.5. The Balaban J connectivity index is 2.00. The van der Waals surface area contributed by atoms with E-state index < -0.39 is 5.97 Å². The second-order valence-electron chi connectivity index (χ2n) is 4.46. The van der Waals surface area contributed by atoms with Gasteiger partial charge in [0.1, 0.15) is 16.8 Å². The van der Waals surface area contributed by atoms with Gasteiger partial charge >= 0.3 is 5.97 Å². The summed E-state index contributed by atoms with van der Waals surface area (Å²) in [7, 11) is 0. The molecule has 0 fully saturated rings. The first-order valence-corrected chi connectivity index (χ1v) is 6.23. The molecule has 0 radical (unpaired) electrons. The molecule has 0 aliphatic carbocycles. The van der Waals surface area contributed by atoms with Gasteiger partial charge in [0.05, 0.1) is 0 Å². The molecule has 3 rings (SSSR count). The van der Waals surface area contributed by atoms with E-state index in [4.69, 9.17) is 4.74 Å². The lowest BCUT2D eigenvalue weighted by atomic mass is 10.1. The van der Waals surface area contributed by atoms with Crippen LogP contribution in [0, 0.1) is 6.92 Å². The maximum atomic E-state index is 11.3. The molecule has 0 aliphatic rings. The minimum absolute atomic E-state index is 0.0936. The van der Waals surface area contributed by atoms with E-state index in [-0.39, 0.29) is 17.2 Å². The topological polar surface area (TPSA) is 85.2 Å². The van der Waals surface area contributed by atoms with E-state index in [1.807, 2.05) is 6.92 Å². The van der Waals surface area contributed by atoms with Gasteiger partial charge < -0.3 is 9.84 Å². The highest BCUT2D eigenvalue weighted by Crippen LogP contribution is 2.26. The number of nitrogens with zero attached hydrogens (tertiary/aromatic N) is 3. The summed E-state index contributed by atoms with van der Waals surface area (Å²) in [5, 5.41) is 9.22. The van der Waals surface area contributed by atoms with E-state index in [2.05, 4.69) is 15.0 Å². The lowest BCUT2D eigenvalue weighted by Crippen LogP contribution is -2.01. The van der Waals surface area contributed by atoms with Crippen LogP contribution in [0.15, 0.2) is 42.7 Å². The fraction of sp³-hybridized carbons (Fsp3) is 0.0667. The Labute approximate surface area is 120 Å². The number of fused-ring (bicyclic) bond motifs is 1. The Morgan fingerprint density at radius 3 is 2.76 bits per heavy atom. The molecule has 0 atom stereocenters. The second kappa shape index (κ2) is 5.16. The molecule has 0 bridgehead atoms. The molecule has 2 heterocycles. The molecule has 0 saturated heterocycles. The maximum absolute atomic E-state index is 11.3. The van der Waals surface area contributed by atoms with Gasteiger partial charge in [0.15, 0.2) is 5.65 Å². The smallest absolute Gasteiger partial charge is 0.339 e. The molecular weight excluding hydrogens is 270 g/mol. The van der Waals surface area contributed by atoms with Crippen LogP contribution >= 0.6 is 0 Å². The van der Waals surface area contributed by atoms with Crippen molar-refractivity contribution in [2.75, 3.05) is 0 Å². The van der Waals surface area contributed by atoms with Crippen LogP contribution in [0.2, 0.25) is 0 Å². The van der Waals surface area contributed by atoms with Gasteiger partial charge in [0, 0.05) is 18.5 Å². The van der Waals surface area contributed by atoms with Crippen molar-refractivity contribution in [1.29, 1.82) is 0 Å².